The van der Waals surface area contributed by atoms with Crippen LogP contribution in [0.25, 0.3) is 0 Å². The Morgan fingerprint density at radius 2 is 2.12 bits per heavy atom. The summed E-state index contributed by atoms with van der Waals surface area (Å²) in [6.45, 7) is 0.601. The van der Waals surface area contributed by atoms with E-state index in [-0.39, 0.29) is 18.3 Å². The standard InChI is InChI=1S/C13H17FN2O/c14-11-5-2-1-4-10(11)8-16-12(17)13(9-15)6-3-7-13/h1-2,4-5H,3,6-9,15H2,(H,16,17). The Labute approximate surface area is 100 Å². The van der Waals surface area contributed by atoms with Crippen LogP contribution in [0.4, 0.5) is 4.39 Å². The molecule has 1 aromatic carbocycles. The molecule has 1 saturated carbocycles. The molecule has 0 heterocycles. The first-order valence-corrected chi connectivity index (χ1v) is 5.90. The van der Waals surface area contributed by atoms with E-state index < -0.39 is 5.41 Å². The smallest absolute Gasteiger partial charge is 0.227 e. The van der Waals surface area contributed by atoms with Gasteiger partial charge >= 0.3 is 0 Å². The lowest BCUT2D eigenvalue weighted by Crippen LogP contribution is -2.50. The van der Waals surface area contributed by atoms with E-state index in [4.69, 9.17) is 5.73 Å². The zero-order valence-corrected chi connectivity index (χ0v) is 9.71. The lowest BCUT2D eigenvalue weighted by molar-refractivity contribution is -0.135. The highest BCUT2D eigenvalue weighted by molar-refractivity contribution is 5.83. The summed E-state index contributed by atoms with van der Waals surface area (Å²) in [5, 5.41) is 2.77. The summed E-state index contributed by atoms with van der Waals surface area (Å²) in [5.74, 6) is -0.335. The Bertz CT molecular complexity index is 410. The number of halogens is 1. The minimum atomic E-state index is -0.398. The molecule has 17 heavy (non-hydrogen) atoms. The molecule has 0 atom stereocenters. The van der Waals surface area contributed by atoms with Gasteiger partial charge in [-0.05, 0) is 18.9 Å². The predicted molar refractivity (Wildman–Crippen MR) is 63.6 cm³/mol. The molecular weight excluding hydrogens is 219 g/mol. The van der Waals surface area contributed by atoms with Crippen LogP contribution in [0, 0.1) is 11.2 Å². The zero-order valence-electron chi connectivity index (χ0n) is 9.71. The van der Waals surface area contributed by atoms with Gasteiger partial charge < -0.3 is 11.1 Å². The van der Waals surface area contributed by atoms with Crippen molar-refractivity contribution in [3.8, 4) is 0 Å². The molecule has 0 aromatic heterocycles. The third-order valence-electron chi connectivity index (χ3n) is 3.58. The van der Waals surface area contributed by atoms with Crippen LogP contribution in [0.5, 0.6) is 0 Å². The van der Waals surface area contributed by atoms with Crippen LogP contribution in [-0.4, -0.2) is 12.5 Å². The van der Waals surface area contributed by atoms with E-state index in [1.165, 1.54) is 6.07 Å². The molecule has 1 amide bonds. The number of hydrogen-bond acceptors (Lipinski definition) is 2. The summed E-state index contributed by atoms with van der Waals surface area (Å²) >= 11 is 0. The summed E-state index contributed by atoms with van der Waals surface area (Å²) in [6.07, 6.45) is 2.73. The number of nitrogens with two attached hydrogens (primary N) is 1. The largest absolute Gasteiger partial charge is 0.351 e. The first kappa shape index (κ1) is 12.0. The van der Waals surface area contributed by atoms with Gasteiger partial charge in [0.05, 0.1) is 5.41 Å². The molecule has 0 unspecified atom stereocenters. The second-order valence-corrected chi connectivity index (χ2v) is 4.61. The normalized spacial score (nSPS) is 17.3. The topological polar surface area (TPSA) is 55.1 Å². The number of rotatable bonds is 4. The summed E-state index contributed by atoms with van der Waals surface area (Å²) < 4.78 is 13.3. The SMILES string of the molecule is NCC1(C(=O)NCc2ccccc2F)CCC1. The quantitative estimate of drug-likeness (QED) is 0.833. The number of hydrogen-bond donors (Lipinski definition) is 2. The Kier molecular flexibility index (Phi) is 3.43. The Morgan fingerprint density at radius 3 is 2.65 bits per heavy atom. The lowest BCUT2D eigenvalue weighted by atomic mass is 9.68. The minimum Gasteiger partial charge on any atom is -0.351 e. The molecule has 3 N–H and O–H groups in total. The monoisotopic (exact) mass is 236 g/mol. The lowest BCUT2D eigenvalue weighted by Gasteiger charge is -2.39. The fourth-order valence-corrected chi connectivity index (χ4v) is 2.13. The van der Waals surface area contributed by atoms with E-state index in [2.05, 4.69) is 5.32 Å². The molecule has 0 aliphatic heterocycles. The summed E-state index contributed by atoms with van der Waals surface area (Å²) in [7, 11) is 0. The highest BCUT2D eigenvalue weighted by atomic mass is 19.1. The maximum Gasteiger partial charge on any atom is 0.227 e. The first-order valence-electron chi connectivity index (χ1n) is 5.90. The minimum absolute atomic E-state index is 0.0468. The van der Waals surface area contributed by atoms with E-state index in [0.29, 0.717) is 12.1 Å². The number of carbonyl (C=O) groups excluding carboxylic acids is 1. The molecular formula is C13H17FN2O. The second-order valence-electron chi connectivity index (χ2n) is 4.61. The van der Waals surface area contributed by atoms with Crippen molar-refractivity contribution in [3.05, 3.63) is 35.6 Å². The highest BCUT2D eigenvalue weighted by Crippen LogP contribution is 2.40. The fraction of sp³-hybridized carbons (Fsp3) is 0.462. The molecule has 0 saturated heterocycles. The van der Waals surface area contributed by atoms with Gasteiger partial charge in [0.25, 0.3) is 0 Å². The van der Waals surface area contributed by atoms with Crippen LogP contribution in [0.2, 0.25) is 0 Å². The molecule has 0 bridgehead atoms. The fourth-order valence-electron chi connectivity index (χ4n) is 2.13. The Morgan fingerprint density at radius 1 is 1.41 bits per heavy atom. The van der Waals surface area contributed by atoms with E-state index in [9.17, 15) is 9.18 Å². The molecule has 4 heteroatoms. The van der Waals surface area contributed by atoms with Crippen molar-refractivity contribution in [1.82, 2.24) is 5.32 Å². The van der Waals surface area contributed by atoms with Crippen LogP contribution in [0.3, 0.4) is 0 Å². The van der Waals surface area contributed by atoms with Crippen molar-refractivity contribution in [2.45, 2.75) is 25.8 Å². The van der Waals surface area contributed by atoms with Crippen LogP contribution < -0.4 is 11.1 Å². The van der Waals surface area contributed by atoms with Crippen LogP contribution in [-0.2, 0) is 11.3 Å². The van der Waals surface area contributed by atoms with Crippen molar-refractivity contribution in [3.63, 3.8) is 0 Å². The van der Waals surface area contributed by atoms with Crippen LogP contribution in [0.1, 0.15) is 24.8 Å². The number of benzene rings is 1. The van der Waals surface area contributed by atoms with Gasteiger partial charge in [0.2, 0.25) is 5.91 Å². The molecule has 92 valence electrons. The Hall–Kier alpha value is -1.42. The summed E-state index contributed by atoms with van der Waals surface area (Å²) in [5.41, 5.74) is 5.74. The number of amides is 1. The van der Waals surface area contributed by atoms with Crippen molar-refractivity contribution >= 4 is 5.91 Å². The van der Waals surface area contributed by atoms with Gasteiger partial charge in [-0.2, -0.15) is 0 Å². The van der Waals surface area contributed by atoms with Crippen LogP contribution >= 0.6 is 0 Å². The molecule has 1 aromatic rings. The molecule has 1 aliphatic rings. The third-order valence-corrected chi connectivity index (χ3v) is 3.58. The summed E-state index contributed by atoms with van der Waals surface area (Å²) in [4.78, 5) is 11.9. The Balaban J connectivity index is 1.95. The molecule has 0 spiro atoms. The average Bonchev–Trinajstić information content (AvgIpc) is 2.27. The van der Waals surface area contributed by atoms with Crippen molar-refractivity contribution in [2.24, 2.45) is 11.1 Å². The maximum atomic E-state index is 13.3. The van der Waals surface area contributed by atoms with Gasteiger partial charge in [-0.25, -0.2) is 4.39 Å². The van der Waals surface area contributed by atoms with E-state index in [1.54, 1.807) is 18.2 Å². The van der Waals surface area contributed by atoms with E-state index in [0.717, 1.165) is 19.3 Å². The van der Waals surface area contributed by atoms with Gasteiger partial charge in [0, 0.05) is 18.7 Å². The zero-order chi connectivity index (χ0) is 12.3. The van der Waals surface area contributed by atoms with Gasteiger partial charge in [-0.3, -0.25) is 4.79 Å². The van der Waals surface area contributed by atoms with Crippen molar-refractivity contribution < 1.29 is 9.18 Å². The highest BCUT2D eigenvalue weighted by Gasteiger charge is 2.42. The van der Waals surface area contributed by atoms with Gasteiger partial charge in [-0.15, -0.1) is 0 Å². The third kappa shape index (κ3) is 2.31. The van der Waals surface area contributed by atoms with Crippen molar-refractivity contribution in [1.29, 1.82) is 0 Å². The molecule has 1 fully saturated rings. The summed E-state index contributed by atoms with van der Waals surface area (Å²) in [6, 6.07) is 6.45. The molecule has 2 rings (SSSR count). The van der Waals surface area contributed by atoms with Crippen molar-refractivity contribution in [2.75, 3.05) is 6.54 Å². The number of carbonyl (C=O) groups is 1. The predicted octanol–water partition coefficient (Wildman–Crippen LogP) is 1.57. The first-order chi connectivity index (χ1) is 8.18. The van der Waals surface area contributed by atoms with Gasteiger partial charge in [0.15, 0.2) is 0 Å². The average molecular weight is 236 g/mol. The van der Waals surface area contributed by atoms with E-state index >= 15 is 0 Å². The molecule has 3 nitrogen and oxygen atoms in total. The molecule has 1 aliphatic carbocycles. The number of nitrogens with one attached hydrogen (secondary N) is 1. The molecule has 0 radical (unpaired) electrons. The second kappa shape index (κ2) is 4.84. The van der Waals surface area contributed by atoms with Gasteiger partial charge in [0.1, 0.15) is 5.82 Å². The van der Waals surface area contributed by atoms with Crippen LogP contribution in [0.15, 0.2) is 24.3 Å². The van der Waals surface area contributed by atoms with Gasteiger partial charge in [-0.1, -0.05) is 24.6 Å². The maximum absolute atomic E-state index is 13.3. The van der Waals surface area contributed by atoms with E-state index in [1.807, 2.05) is 0 Å².